The Bertz CT molecular complexity index is 1600. The summed E-state index contributed by atoms with van der Waals surface area (Å²) in [5.41, 5.74) is 5.66. The van der Waals surface area contributed by atoms with Crippen LogP contribution in [0.25, 0.3) is 28.0 Å². The molecule has 0 spiro atoms. The van der Waals surface area contributed by atoms with Crippen LogP contribution in [0, 0.1) is 5.82 Å². The highest BCUT2D eigenvalue weighted by molar-refractivity contribution is 5.93. The van der Waals surface area contributed by atoms with E-state index in [-0.39, 0.29) is 11.6 Å². The van der Waals surface area contributed by atoms with Crippen LogP contribution in [0.3, 0.4) is 0 Å². The van der Waals surface area contributed by atoms with Gasteiger partial charge in [-0.1, -0.05) is 18.2 Å². The lowest BCUT2D eigenvalue weighted by atomic mass is 10.0. The summed E-state index contributed by atoms with van der Waals surface area (Å²) in [5.74, 6) is -0.430. The van der Waals surface area contributed by atoms with E-state index in [0.29, 0.717) is 22.9 Å². The Balaban J connectivity index is 1.57. The number of pyridine rings is 1. The van der Waals surface area contributed by atoms with Crippen LogP contribution >= 0.6 is 0 Å². The number of nitrogens with one attached hydrogen (secondary N) is 2. The lowest BCUT2D eigenvalue weighted by molar-refractivity contribution is -0.114. The summed E-state index contributed by atoms with van der Waals surface area (Å²) < 4.78 is 16.1. The van der Waals surface area contributed by atoms with Gasteiger partial charge in [0.1, 0.15) is 11.5 Å². The minimum atomic E-state index is -0.519. The highest BCUT2D eigenvalue weighted by atomic mass is 19.1. The molecule has 186 valence electrons. The number of hydrogen-bond donors (Lipinski definition) is 2. The van der Waals surface area contributed by atoms with Crippen molar-refractivity contribution in [1.29, 1.82) is 0 Å². The first kappa shape index (κ1) is 24.1. The van der Waals surface area contributed by atoms with Gasteiger partial charge in [-0.2, -0.15) is 5.10 Å². The maximum atomic E-state index is 14.4. The quantitative estimate of drug-likeness (QED) is 0.316. The molecule has 9 heteroatoms. The van der Waals surface area contributed by atoms with Crippen molar-refractivity contribution < 1.29 is 9.18 Å². The third kappa shape index (κ3) is 5.31. The van der Waals surface area contributed by atoms with Crippen LogP contribution < -0.4 is 10.6 Å². The highest BCUT2D eigenvalue weighted by Crippen LogP contribution is 2.36. The lowest BCUT2D eigenvalue weighted by Gasteiger charge is -2.12. The topological polar surface area (TPSA) is 87.5 Å². The second-order valence-electron chi connectivity index (χ2n) is 8.96. The number of halogens is 1. The Hall–Kier alpha value is -4.63. The molecule has 37 heavy (non-hydrogen) atoms. The lowest BCUT2D eigenvalue weighted by Crippen LogP contribution is -2.10. The largest absolute Gasteiger partial charge is 0.324 e. The molecule has 0 aliphatic heterocycles. The van der Waals surface area contributed by atoms with Crippen LogP contribution in [-0.2, 0) is 11.3 Å². The molecule has 0 radical (unpaired) electrons. The molecule has 2 N–H and O–H groups in total. The number of nitrogens with zero attached hydrogens (tertiary/aromatic N) is 5. The van der Waals surface area contributed by atoms with Crippen molar-refractivity contribution in [3.05, 3.63) is 90.5 Å². The maximum Gasteiger partial charge on any atom is 0.227 e. The van der Waals surface area contributed by atoms with Gasteiger partial charge < -0.3 is 15.5 Å². The van der Waals surface area contributed by atoms with Gasteiger partial charge in [0.15, 0.2) is 0 Å². The predicted octanol–water partition coefficient (Wildman–Crippen LogP) is 5.36. The third-order valence-corrected chi connectivity index (χ3v) is 5.68. The molecule has 3 aromatic heterocycles. The van der Waals surface area contributed by atoms with Gasteiger partial charge in [-0.15, -0.1) is 0 Å². The molecule has 5 rings (SSSR count). The number of amides is 1. The van der Waals surface area contributed by atoms with E-state index in [1.807, 2.05) is 56.7 Å². The molecule has 0 saturated carbocycles. The number of benzene rings is 2. The molecule has 0 atom stereocenters. The molecule has 0 saturated heterocycles. The Labute approximate surface area is 213 Å². The van der Waals surface area contributed by atoms with E-state index in [1.165, 1.54) is 18.6 Å². The Kier molecular flexibility index (Phi) is 6.61. The second-order valence-corrected chi connectivity index (χ2v) is 8.96. The highest BCUT2D eigenvalue weighted by Gasteiger charge is 2.19. The fraction of sp³-hybridized carbons (Fsp3) is 0.143. The van der Waals surface area contributed by atoms with E-state index in [9.17, 15) is 9.18 Å². The number of hydrogen-bond acceptors (Lipinski definition) is 6. The van der Waals surface area contributed by atoms with Gasteiger partial charge >= 0.3 is 0 Å². The zero-order chi connectivity index (χ0) is 25.9. The van der Waals surface area contributed by atoms with Crippen LogP contribution in [0.2, 0.25) is 0 Å². The maximum absolute atomic E-state index is 14.4. The fourth-order valence-electron chi connectivity index (χ4n) is 4.21. The number of carbonyl (C=O) groups excluding carboxylic acids is 1. The SMILES string of the molecule is CC(=O)Nc1cc(-c2nn3ccccc3c2-c2ccnc(Nc3cccc(CN(C)C)c3)n2)ccc1F. The molecule has 1 amide bonds. The van der Waals surface area contributed by atoms with Crippen molar-refractivity contribution in [3.8, 4) is 22.5 Å². The molecule has 0 aliphatic rings. The summed E-state index contributed by atoms with van der Waals surface area (Å²) in [6.45, 7) is 2.16. The summed E-state index contributed by atoms with van der Waals surface area (Å²) in [5, 5.41) is 10.6. The molecule has 2 aromatic carbocycles. The minimum Gasteiger partial charge on any atom is -0.324 e. The minimum absolute atomic E-state index is 0.0932. The van der Waals surface area contributed by atoms with Crippen molar-refractivity contribution in [3.63, 3.8) is 0 Å². The molecule has 5 aromatic rings. The number of fused-ring (bicyclic) bond motifs is 1. The van der Waals surface area contributed by atoms with Crippen molar-refractivity contribution in [2.75, 3.05) is 24.7 Å². The smallest absolute Gasteiger partial charge is 0.227 e. The van der Waals surface area contributed by atoms with Crippen LogP contribution in [-0.4, -0.2) is 44.5 Å². The molecular weight excluding hydrogens is 469 g/mol. The summed E-state index contributed by atoms with van der Waals surface area (Å²) in [4.78, 5) is 22.9. The normalized spacial score (nSPS) is 11.2. The van der Waals surface area contributed by atoms with Crippen molar-refractivity contribution in [2.45, 2.75) is 13.5 Å². The van der Waals surface area contributed by atoms with E-state index in [4.69, 9.17) is 10.1 Å². The van der Waals surface area contributed by atoms with Crippen LogP contribution in [0.15, 0.2) is 79.1 Å². The monoisotopic (exact) mass is 495 g/mol. The van der Waals surface area contributed by atoms with Crippen molar-refractivity contribution in [1.82, 2.24) is 24.5 Å². The zero-order valence-corrected chi connectivity index (χ0v) is 20.7. The van der Waals surface area contributed by atoms with Gasteiger partial charge in [0.25, 0.3) is 0 Å². The number of rotatable bonds is 7. The molecular formula is C28H26FN7O. The standard InChI is InChI=1S/C28H26FN7O/c1-18(37)31-24-16-20(10-11-22(24)29)27-26(25-9-4-5-14-36(25)34-27)23-12-13-30-28(33-23)32-21-8-6-7-19(15-21)17-35(2)3/h4-16H,17H2,1-3H3,(H,31,37)(H,30,32,33). The van der Waals surface area contributed by atoms with Crippen molar-refractivity contribution in [2.24, 2.45) is 0 Å². The Morgan fingerprint density at radius 1 is 1.05 bits per heavy atom. The van der Waals surface area contributed by atoms with Gasteiger partial charge in [-0.05, 0) is 68.2 Å². The van der Waals surface area contributed by atoms with Gasteiger partial charge in [-0.3, -0.25) is 4.79 Å². The first-order valence-corrected chi connectivity index (χ1v) is 11.8. The first-order chi connectivity index (χ1) is 17.9. The van der Waals surface area contributed by atoms with Gasteiger partial charge in [0.05, 0.1) is 22.5 Å². The fourth-order valence-corrected chi connectivity index (χ4v) is 4.21. The van der Waals surface area contributed by atoms with Gasteiger partial charge in [0, 0.05) is 37.1 Å². The van der Waals surface area contributed by atoms with E-state index in [0.717, 1.165) is 23.3 Å². The molecule has 0 fully saturated rings. The van der Waals surface area contributed by atoms with E-state index in [1.54, 1.807) is 22.8 Å². The second kappa shape index (κ2) is 10.2. The van der Waals surface area contributed by atoms with Crippen LogP contribution in [0.4, 0.5) is 21.7 Å². The average Bonchev–Trinajstić information content (AvgIpc) is 3.25. The molecule has 0 aliphatic carbocycles. The summed E-state index contributed by atoms with van der Waals surface area (Å²) in [7, 11) is 4.06. The summed E-state index contributed by atoms with van der Waals surface area (Å²) in [6, 6.07) is 20.2. The molecule has 0 bridgehead atoms. The molecule has 0 unspecified atom stereocenters. The summed E-state index contributed by atoms with van der Waals surface area (Å²) in [6.07, 6.45) is 3.54. The van der Waals surface area contributed by atoms with E-state index in [2.05, 4.69) is 32.7 Å². The Morgan fingerprint density at radius 3 is 2.73 bits per heavy atom. The molecule has 8 nitrogen and oxygen atoms in total. The molecule has 3 heterocycles. The zero-order valence-electron chi connectivity index (χ0n) is 20.7. The average molecular weight is 496 g/mol. The van der Waals surface area contributed by atoms with E-state index >= 15 is 0 Å². The number of anilines is 3. The first-order valence-electron chi connectivity index (χ1n) is 11.8. The summed E-state index contributed by atoms with van der Waals surface area (Å²) >= 11 is 0. The van der Waals surface area contributed by atoms with Gasteiger partial charge in [0.2, 0.25) is 11.9 Å². The van der Waals surface area contributed by atoms with E-state index < -0.39 is 5.82 Å². The number of aromatic nitrogens is 4. The van der Waals surface area contributed by atoms with Crippen LogP contribution in [0.1, 0.15) is 12.5 Å². The van der Waals surface area contributed by atoms with Crippen LogP contribution in [0.5, 0.6) is 0 Å². The predicted molar refractivity (Wildman–Crippen MR) is 143 cm³/mol. The Morgan fingerprint density at radius 2 is 1.92 bits per heavy atom. The third-order valence-electron chi connectivity index (χ3n) is 5.68. The van der Waals surface area contributed by atoms with Gasteiger partial charge in [-0.25, -0.2) is 18.9 Å². The van der Waals surface area contributed by atoms with Crippen molar-refractivity contribution >= 4 is 28.7 Å². The number of carbonyl (C=O) groups is 1.